The Hall–Kier alpha value is -0.860. The van der Waals surface area contributed by atoms with Crippen LogP contribution in [0.5, 0.6) is 0 Å². The lowest BCUT2D eigenvalue weighted by Gasteiger charge is -2.27. The summed E-state index contributed by atoms with van der Waals surface area (Å²) in [5.41, 5.74) is 0.332. The average Bonchev–Trinajstić information content (AvgIpc) is 2.81. The lowest BCUT2D eigenvalue weighted by Crippen LogP contribution is -2.29. The van der Waals surface area contributed by atoms with Gasteiger partial charge in [0.05, 0.1) is 0 Å². The van der Waals surface area contributed by atoms with Crippen LogP contribution in [0.4, 0.5) is 0 Å². The van der Waals surface area contributed by atoms with Gasteiger partial charge in [0.15, 0.2) is 0 Å². The van der Waals surface area contributed by atoms with Crippen molar-refractivity contribution in [1.82, 2.24) is 4.90 Å². The molecule has 0 saturated carbocycles. The molecule has 2 atom stereocenters. The molecule has 1 aromatic carbocycles. The molecule has 1 aliphatic heterocycles. The highest BCUT2D eigenvalue weighted by Crippen LogP contribution is 2.43. The molecule has 2 heterocycles. The van der Waals surface area contributed by atoms with Crippen LogP contribution >= 0.6 is 11.3 Å². The molecule has 1 nitrogen and oxygen atoms in total. The first-order valence-electron chi connectivity index (χ1n) is 6.27. The van der Waals surface area contributed by atoms with E-state index in [2.05, 4.69) is 56.1 Å². The molecule has 0 spiro atoms. The van der Waals surface area contributed by atoms with Gasteiger partial charge in [-0.2, -0.15) is 0 Å². The van der Waals surface area contributed by atoms with Crippen LogP contribution in [0, 0.1) is 5.92 Å². The number of thiophene rings is 1. The third-order valence-corrected chi connectivity index (χ3v) is 5.66. The maximum atomic E-state index is 2.45. The number of fused-ring (bicyclic) bond motifs is 1. The number of nitrogens with zero attached hydrogens (tertiary/aromatic N) is 1. The zero-order chi connectivity index (χ0) is 12.0. The van der Waals surface area contributed by atoms with Crippen molar-refractivity contribution in [3.05, 3.63) is 35.2 Å². The van der Waals surface area contributed by atoms with E-state index in [-0.39, 0.29) is 0 Å². The first kappa shape index (κ1) is 11.2. The monoisotopic (exact) mass is 245 g/mol. The highest BCUT2D eigenvalue weighted by Gasteiger charge is 2.41. The summed E-state index contributed by atoms with van der Waals surface area (Å²) in [5.74, 6) is 0.737. The van der Waals surface area contributed by atoms with E-state index in [4.69, 9.17) is 0 Å². The quantitative estimate of drug-likeness (QED) is 0.740. The molecule has 1 aliphatic rings. The van der Waals surface area contributed by atoms with E-state index in [1.54, 1.807) is 4.88 Å². The normalized spacial score (nSPS) is 30.2. The van der Waals surface area contributed by atoms with E-state index in [0.717, 1.165) is 5.92 Å². The van der Waals surface area contributed by atoms with Crippen LogP contribution in [-0.4, -0.2) is 25.0 Å². The topological polar surface area (TPSA) is 3.24 Å². The molecule has 2 heteroatoms. The molecule has 0 bridgehead atoms. The SMILES string of the molecule is C[C@@H]1CN(C)C[C@@]1(C)c1cc2ccccc2s1. The van der Waals surface area contributed by atoms with Gasteiger partial charge >= 0.3 is 0 Å². The van der Waals surface area contributed by atoms with Crippen molar-refractivity contribution < 1.29 is 0 Å². The number of rotatable bonds is 1. The fourth-order valence-electron chi connectivity index (χ4n) is 3.03. The van der Waals surface area contributed by atoms with E-state index >= 15 is 0 Å². The Balaban J connectivity index is 2.09. The van der Waals surface area contributed by atoms with Gasteiger partial charge in [-0.15, -0.1) is 11.3 Å². The predicted molar refractivity (Wildman–Crippen MR) is 75.8 cm³/mol. The Morgan fingerprint density at radius 3 is 2.76 bits per heavy atom. The molecule has 0 N–H and O–H groups in total. The molecule has 0 unspecified atom stereocenters. The smallest absolute Gasteiger partial charge is 0.0345 e. The maximum Gasteiger partial charge on any atom is 0.0345 e. The summed E-state index contributed by atoms with van der Waals surface area (Å²) in [4.78, 5) is 4.00. The molecule has 0 radical (unpaired) electrons. The number of likely N-dealkylation sites (tertiary alicyclic amines) is 1. The largest absolute Gasteiger partial charge is 0.305 e. The molecule has 3 rings (SSSR count). The van der Waals surface area contributed by atoms with Gasteiger partial charge in [-0.25, -0.2) is 0 Å². The van der Waals surface area contributed by atoms with Gasteiger partial charge in [-0.3, -0.25) is 0 Å². The minimum Gasteiger partial charge on any atom is -0.305 e. The highest BCUT2D eigenvalue weighted by atomic mass is 32.1. The van der Waals surface area contributed by atoms with Gasteiger partial charge < -0.3 is 4.90 Å². The maximum absolute atomic E-state index is 2.45. The van der Waals surface area contributed by atoms with Crippen molar-refractivity contribution in [2.75, 3.05) is 20.1 Å². The first-order chi connectivity index (χ1) is 8.09. The molecule has 1 fully saturated rings. The van der Waals surface area contributed by atoms with Crippen molar-refractivity contribution in [1.29, 1.82) is 0 Å². The van der Waals surface area contributed by atoms with Crippen LogP contribution in [0.3, 0.4) is 0 Å². The molecule has 1 aromatic heterocycles. The summed E-state index contributed by atoms with van der Waals surface area (Å²) >= 11 is 1.97. The van der Waals surface area contributed by atoms with E-state index in [9.17, 15) is 0 Å². The predicted octanol–water partition coefficient (Wildman–Crippen LogP) is 3.74. The molecule has 2 aromatic rings. The Kier molecular flexibility index (Phi) is 2.53. The molecule has 1 saturated heterocycles. The highest BCUT2D eigenvalue weighted by molar-refractivity contribution is 7.19. The lowest BCUT2D eigenvalue weighted by atomic mass is 9.80. The number of likely N-dealkylation sites (N-methyl/N-ethyl adjacent to an activating group) is 1. The Morgan fingerprint density at radius 1 is 1.35 bits per heavy atom. The van der Waals surface area contributed by atoms with Crippen LogP contribution in [0.25, 0.3) is 10.1 Å². The minimum atomic E-state index is 0.332. The fourth-order valence-corrected chi connectivity index (χ4v) is 4.35. The van der Waals surface area contributed by atoms with Crippen LogP contribution in [-0.2, 0) is 5.41 Å². The zero-order valence-corrected chi connectivity index (χ0v) is 11.6. The van der Waals surface area contributed by atoms with Gasteiger partial charge in [0.1, 0.15) is 0 Å². The summed E-state index contributed by atoms with van der Waals surface area (Å²) in [7, 11) is 2.23. The van der Waals surface area contributed by atoms with Crippen LogP contribution < -0.4 is 0 Å². The molecule has 0 aliphatic carbocycles. The second kappa shape index (κ2) is 3.82. The van der Waals surface area contributed by atoms with Crippen molar-refractivity contribution in [2.24, 2.45) is 5.92 Å². The standard InChI is InChI=1S/C15H19NS/c1-11-9-16(3)10-15(11,2)14-8-12-6-4-5-7-13(12)17-14/h4-8,11H,9-10H2,1-3H3/t11-,15-/m1/s1. The third kappa shape index (κ3) is 1.71. The van der Waals surface area contributed by atoms with Crippen molar-refractivity contribution >= 4 is 21.4 Å². The van der Waals surface area contributed by atoms with Gasteiger partial charge in [0.2, 0.25) is 0 Å². The van der Waals surface area contributed by atoms with Gasteiger partial charge in [-0.05, 0) is 30.5 Å². The Bertz CT molecular complexity index is 512. The van der Waals surface area contributed by atoms with Crippen LogP contribution in [0.2, 0.25) is 0 Å². The molecular weight excluding hydrogens is 226 g/mol. The average molecular weight is 245 g/mol. The van der Waals surface area contributed by atoms with Gasteiger partial charge in [0, 0.05) is 28.1 Å². The summed E-state index contributed by atoms with van der Waals surface area (Å²) in [5, 5.41) is 1.40. The van der Waals surface area contributed by atoms with Gasteiger partial charge in [-0.1, -0.05) is 32.0 Å². The summed E-state index contributed by atoms with van der Waals surface area (Å²) in [6, 6.07) is 11.1. The summed E-state index contributed by atoms with van der Waals surface area (Å²) in [6.07, 6.45) is 0. The Labute approximate surface area is 107 Å². The van der Waals surface area contributed by atoms with Crippen LogP contribution in [0.1, 0.15) is 18.7 Å². The first-order valence-corrected chi connectivity index (χ1v) is 7.09. The zero-order valence-electron chi connectivity index (χ0n) is 10.7. The van der Waals surface area contributed by atoms with Crippen LogP contribution in [0.15, 0.2) is 30.3 Å². The minimum absolute atomic E-state index is 0.332. The number of hydrogen-bond acceptors (Lipinski definition) is 2. The number of hydrogen-bond donors (Lipinski definition) is 0. The van der Waals surface area contributed by atoms with E-state index in [1.165, 1.54) is 23.2 Å². The molecule has 0 amide bonds. The van der Waals surface area contributed by atoms with Gasteiger partial charge in [0.25, 0.3) is 0 Å². The van der Waals surface area contributed by atoms with Crippen molar-refractivity contribution in [3.63, 3.8) is 0 Å². The molecule has 90 valence electrons. The van der Waals surface area contributed by atoms with E-state index in [1.807, 2.05) is 11.3 Å². The third-order valence-electron chi connectivity index (χ3n) is 4.26. The lowest BCUT2D eigenvalue weighted by molar-refractivity contribution is 0.381. The van der Waals surface area contributed by atoms with E-state index < -0.39 is 0 Å². The fraction of sp³-hybridized carbons (Fsp3) is 0.467. The van der Waals surface area contributed by atoms with Crippen molar-refractivity contribution in [2.45, 2.75) is 19.3 Å². The molecule has 17 heavy (non-hydrogen) atoms. The molecular formula is C15H19NS. The van der Waals surface area contributed by atoms with E-state index in [0.29, 0.717) is 5.41 Å². The summed E-state index contributed by atoms with van der Waals surface area (Å²) < 4.78 is 1.42. The Morgan fingerprint density at radius 2 is 2.12 bits per heavy atom. The second-order valence-electron chi connectivity index (χ2n) is 5.66. The number of benzene rings is 1. The van der Waals surface area contributed by atoms with Crippen molar-refractivity contribution in [3.8, 4) is 0 Å². The summed E-state index contributed by atoms with van der Waals surface area (Å²) in [6.45, 7) is 7.20. The second-order valence-corrected chi connectivity index (χ2v) is 6.75.